The van der Waals surface area contributed by atoms with Gasteiger partial charge in [0.1, 0.15) is 0 Å². The number of allylic oxidation sites excluding steroid dienone is 7. The summed E-state index contributed by atoms with van der Waals surface area (Å²) in [4.78, 5) is 24.4. The van der Waals surface area contributed by atoms with Crippen molar-refractivity contribution in [1.29, 1.82) is 0 Å². The van der Waals surface area contributed by atoms with Crippen LogP contribution in [0.2, 0.25) is 0 Å². The van der Waals surface area contributed by atoms with E-state index < -0.39 is 12.1 Å². The molecule has 0 aliphatic rings. The third kappa shape index (κ3) is 53.0. The molecule has 0 saturated carbocycles. The molecule has 2 unspecified atom stereocenters. The number of ether oxygens (including phenoxy) is 1. The molecule has 67 heavy (non-hydrogen) atoms. The summed E-state index contributed by atoms with van der Waals surface area (Å²) in [7, 11) is 0. The van der Waals surface area contributed by atoms with Gasteiger partial charge in [0.15, 0.2) is 0 Å². The Kier molecular flexibility index (Phi) is 54.6. The van der Waals surface area contributed by atoms with Crippen molar-refractivity contribution in [2.24, 2.45) is 0 Å². The Hall–Kier alpha value is -2.18. The minimum absolute atomic E-state index is 0.000638. The number of aliphatic hydroxyl groups excluding tert-OH is 2. The smallest absolute Gasteiger partial charge is 0.305 e. The highest BCUT2D eigenvalue weighted by atomic mass is 16.5. The summed E-state index contributed by atoms with van der Waals surface area (Å²) >= 11 is 0. The predicted molar refractivity (Wildman–Crippen MR) is 292 cm³/mol. The molecule has 0 radical (unpaired) electrons. The van der Waals surface area contributed by atoms with Crippen LogP contribution >= 0.6 is 0 Å². The van der Waals surface area contributed by atoms with Gasteiger partial charge in [0.05, 0.1) is 25.4 Å². The van der Waals surface area contributed by atoms with Crippen LogP contribution in [0.4, 0.5) is 0 Å². The molecule has 0 aliphatic carbocycles. The number of unbranched alkanes of at least 4 members (excludes halogenated alkanes) is 37. The van der Waals surface area contributed by atoms with Gasteiger partial charge in [-0.2, -0.15) is 0 Å². The van der Waals surface area contributed by atoms with Crippen LogP contribution in [0.1, 0.15) is 303 Å². The van der Waals surface area contributed by atoms with Crippen molar-refractivity contribution < 1.29 is 24.5 Å². The quantitative estimate of drug-likeness (QED) is 0.0321. The number of hydrogen-bond acceptors (Lipinski definition) is 5. The van der Waals surface area contributed by atoms with Gasteiger partial charge in [-0.1, -0.05) is 255 Å². The molecule has 0 saturated heterocycles. The molecular weight excluding hydrogens is 827 g/mol. The van der Waals surface area contributed by atoms with E-state index in [0.717, 1.165) is 51.4 Å². The molecule has 6 nitrogen and oxygen atoms in total. The van der Waals surface area contributed by atoms with E-state index >= 15 is 0 Å². The second kappa shape index (κ2) is 56.4. The topological polar surface area (TPSA) is 95.9 Å². The van der Waals surface area contributed by atoms with E-state index in [1.807, 2.05) is 6.08 Å². The minimum Gasteiger partial charge on any atom is -0.466 e. The van der Waals surface area contributed by atoms with Crippen LogP contribution in [0.3, 0.4) is 0 Å². The van der Waals surface area contributed by atoms with Crippen molar-refractivity contribution >= 4 is 11.9 Å². The largest absolute Gasteiger partial charge is 0.466 e. The fraction of sp³-hybridized carbons (Fsp3) is 0.836. The number of amides is 1. The van der Waals surface area contributed by atoms with Crippen LogP contribution in [0.15, 0.2) is 48.6 Å². The average molecular weight is 941 g/mol. The first kappa shape index (κ1) is 64.8. The van der Waals surface area contributed by atoms with Gasteiger partial charge in [0.25, 0.3) is 0 Å². The maximum atomic E-state index is 12.4. The molecule has 0 aromatic heterocycles. The van der Waals surface area contributed by atoms with Crippen LogP contribution in [0.25, 0.3) is 0 Å². The van der Waals surface area contributed by atoms with E-state index in [2.05, 4.69) is 55.6 Å². The summed E-state index contributed by atoms with van der Waals surface area (Å²) in [5.74, 6) is -0.0726. The summed E-state index contributed by atoms with van der Waals surface area (Å²) < 4.78 is 5.47. The van der Waals surface area contributed by atoms with Crippen LogP contribution in [0, 0.1) is 0 Å². The molecule has 0 bridgehead atoms. The second-order valence-electron chi connectivity index (χ2n) is 20.0. The highest BCUT2D eigenvalue weighted by Gasteiger charge is 2.18. The number of carbonyl (C=O) groups excluding carboxylic acids is 2. The van der Waals surface area contributed by atoms with Gasteiger partial charge >= 0.3 is 5.97 Å². The van der Waals surface area contributed by atoms with E-state index in [0.29, 0.717) is 19.4 Å². The summed E-state index contributed by atoms with van der Waals surface area (Å²) in [6.07, 6.45) is 71.6. The van der Waals surface area contributed by atoms with Crippen LogP contribution in [0.5, 0.6) is 0 Å². The van der Waals surface area contributed by atoms with E-state index in [1.165, 1.54) is 225 Å². The lowest BCUT2D eigenvalue weighted by Gasteiger charge is -2.20. The summed E-state index contributed by atoms with van der Waals surface area (Å²) in [5, 5.41) is 22.9. The maximum Gasteiger partial charge on any atom is 0.305 e. The molecule has 3 N–H and O–H groups in total. The van der Waals surface area contributed by atoms with E-state index in [-0.39, 0.29) is 18.5 Å². The zero-order valence-corrected chi connectivity index (χ0v) is 44.6. The number of rotatable bonds is 54. The summed E-state index contributed by atoms with van der Waals surface area (Å²) in [5.41, 5.74) is 0. The van der Waals surface area contributed by atoms with E-state index in [1.54, 1.807) is 6.08 Å². The second-order valence-corrected chi connectivity index (χ2v) is 20.0. The lowest BCUT2D eigenvalue weighted by Crippen LogP contribution is -2.45. The molecule has 2 atom stereocenters. The number of esters is 1. The molecule has 0 aromatic rings. The molecule has 0 aliphatic heterocycles. The predicted octanol–water partition coefficient (Wildman–Crippen LogP) is 18.2. The Morgan fingerprint density at radius 1 is 0.418 bits per heavy atom. The Balaban J connectivity index is 3.38. The molecule has 6 heteroatoms. The van der Waals surface area contributed by atoms with Crippen molar-refractivity contribution in [2.45, 2.75) is 315 Å². The Labute approximate surface area is 416 Å². The molecular formula is C61H113NO5. The molecule has 0 fully saturated rings. The molecule has 392 valence electrons. The number of hydrogen-bond donors (Lipinski definition) is 3. The van der Waals surface area contributed by atoms with Crippen molar-refractivity contribution in [1.82, 2.24) is 5.32 Å². The standard InChI is InChI=1S/C61H113NO5/c1-3-5-7-9-11-13-14-15-32-35-39-43-47-51-55-61(66)67-56-52-48-44-40-36-33-30-28-26-24-22-20-18-16-17-19-21-23-25-27-29-31-34-38-42-46-50-54-60(65)62-58(57-63)59(64)53-49-45-41-37-12-10-8-6-4-2/h9,11,14-17,49,53,58-59,63-64H,3-8,10,12-13,18-48,50-52,54-57H2,1-2H3,(H,62,65)/b11-9-,15-14-,17-16-,53-49+. The first-order valence-electron chi connectivity index (χ1n) is 29.4. The highest BCUT2D eigenvalue weighted by molar-refractivity contribution is 5.76. The third-order valence-electron chi connectivity index (χ3n) is 13.3. The van der Waals surface area contributed by atoms with Crippen LogP contribution in [-0.2, 0) is 14.3 Å². The summed E-state index contributed by atoms with van der Waals surface area (Å²) in [6, 6.07) is -0.627. The zero-order chi connectivity index (χ0) is 48.6. The fourth-order valence-corrected chi connectivity index (χ4v) is 8.76. The Morgan fingerprint density at radius 2 is 0.761 bits per heavy atom. The van der Waals surface area contributed by atoms with Crippen molar-refractivity contribution in [3.8, 4) is 0 Å². The van der Waals surface area contributed by atoms with Gasteiger partial charge in [0, 0.05) is 12.8 Å². The van der Waals surface area contributed by atoms with Crippen molar-refractivity contribution in [2.75, 3.05) is 13.2 Å². The third-order valence-corrected chi connectivity index (χ3v) is 13.3. The molecule has 0 heterocycles. The SMILES string of the molecule is CCCC/C=C\C/C=C\CCCCCCCC(=O)OCCCCCCCCCCCCCC/C=C\CCCCCCCCCCCCCC(=O)NC(CO)C(O)/C=C/CCCCCCCCC. The van der Waals surface area contributed by atoms with Crippen LogP contribution in [-0.4, -0.2) is 47.4 Å². The van der Waals surface area contributed by atoms with Gasteiger partial charge in [-0.3, -0.25) is 9.59 Å². The monoisotopic (exact) mass is 940 g/mol. The first-order chi connectivity index (χ1) is 33.0. The lowest BCUT2D eigenvalue weighted by molar-refractivity contribution is -0.143. The van der Waals surface area contributed by atoms with E-state index in [9.17, 15) is 19.8 Å². The van der Waals surface area contributed by atoms with Gasteiger partial charge < -0.3 is 20.3 Å². The summed E-state index contributed by atoms with van der Waals surface area (Å²) in [6.45, 7) is 4.83. The molecule has 1 amide bonds. The number of carbonyl (C=O) groups is 2. The molecule has 0 rings (SSSR count). The lowest BCUT2D eigenvalue weighted by atomic mass is 10.0. The number of nitrogens with one attached hydrogen (secondary N) is 1. The van der Waals surface area contributed by atoms with Crippen LogP contribution < -0.4 is 5.32 Å². The fourth-order valence-electron chi connectivity index (χ4n) is 8.76. The molecule has 0 aromatic carbocycles. The maximum absolute atomic E-state index is 12.4. The van der Waals surface area contributed by atoms with Gasteiger partial charge in [-0.25, -0.2) is 0 Å². The Bertz CT molecular complexity index is 1130. The Morgan fingerprint density at radius 3 is 1.19 bits per heavy atom. The van der Waals surface area contributed by atoms with E-state index in [4.69, 9.17) is 4.74 Å². The number of aliphatic hydroxyl groups is 2. The van der Waals surface area contributed by atoms with Crippen molar-refractivity contribution in [3.63, 3.8) is 0 Å². The van der Waals surface area contributed by atoms with Gasteiger partial charge in [0.2, 0.25) is 5.91 Å². The first-order valence-corrected chi connectivity index (χ1v) is 29.4. The zero-order valence-electron chi connectivity index (χ0n) is 44.6. The minimum atomic E-state index is -0.843. The van der Waals surface area contributed by atoms with Gasteiger partial charge in [-0.15, -0.1) is 0 Å². The van der Waals surface area contributed by atoms with Gasteiger partial charge in [-0.05, 0) is 83.5 Å². The average Bonchev–Trinajstić information content (AvgIpc) is 3.33. The highest BCUT2D eigenvalue weighted by Crippen LogP contribution is 2.16. The van der Waals surface area contributed by atoms with Crippen molar-refractivity contribution in [3.05, 3.63) is 48.6 Å². The molecule has 0 spiro atoms. The normalized spacial score (nSPS) is 13.0.